The van der Waals surface area contributed by atoms with E-state index < -0.39 is 11.7 Å². The number of carbonyl (C=O) groups excluding carboxylic acids is 3. The average Bonchev–Trinajstić information content (AvgIpc) is 3.38. The number of anilines is 2. The van der Waals surface area contributed by atoms with E-state index in [0.29, 0.717) is 11.3 Å². The van der Waals surface area contributed by atoms with Crippen LogP contribution >= 0.6 is 0 Å². The second-order valence-electron chi connectivity index (χ2n) is 7.85. The fourth-order valence-electron chi connectivity index (χ4n) is 4.14. The topological polar surface area (TPSA) is 78.5 Å². The van der Waals surface area contributed by atoms with Crippen LogP contribution in [0.1, 0.15) is 42.5 Å². The van der Waals surface area contributed by atoms with Crippen LogP contribution in [0.25, 0.3) is 0 Å². The zero-order chi connectivity index (χ0) is 21.1. The molecular formula is C23H24FN3O3. The van der Waals surface area contributed by atoms with Gasteiger partial charge in [0.2, 0.25) is 11.8 Å². The van der Waals surface area contributed by atoms with Gasteiger partial charge in [0, 0.05) is 19.0 Å². The lowest BCUT2D eigenvalue weighted by Gasteiger charge is -2.18. The molecule has 2 aliphatic rings. The lowest BCUT2D eigenvalue weighted by Crippen LogP contribution is -2.34. The molecule has 2 N–H and O–H groups in total. The highest BCUT2D eigenvalue weighted by molar-refractivity contribution is 6.07. The standard InChI is InChI=1S/C23H24FN3O3/c24-18-10-4-6-12-20(18)27-14-15(13-21(27)28)22(29)26-19-11-5-3-9-17(19)23(30)25-16-7-1-2-8-16/h3-6,9-12,15-16H,1-2,7-8,13-14H2,(H,25,30)(H,26,29)/t15-/m0/s1. The third-order valence-corrected chi connectivity index (χ3v) is 5.76. The molecule has 0 radical (unpaired) electrons. The zero-order valence-electron chi connectivity index (χ0n) is 16.6. The maximum atomic E-state index is 14.1. The van der Waals surface area contributed by atoms with Gasteiger partial charge in [0.25, 0.3) is 5.91 Å². The summed E-state index contributed by atoms with van der Waals surface area (Å²) >= 11 is 0. The van der Waals surface area contributed by atoms with Crippen molar-refractivity contribution in [2.24, 2.45) is 5.92 Å². The first-order chi connectivity index (χ1) is 14.5. The molecule has 1 aliphatic carbocycles. The molecule has 7 heteroatoms. The van der Waals surface area contributed by atoms with Gasteiger partial charge in [-0.3, -0.25) is 14.4 Å². The summed E-state index contributed by atoms with van der Waals surface area (Å²) in [5.41, 5.74) is 0.983. The van der Waals surface area contributed by atoms with Crippen LogP contribution in [0.3, 0.4) is 0 Å². The summed E-state index contributed by atoms with van der Waals surface area (Å²) in [6.45, 7) is 0.0992. The minimum Gasteiger partial charge on any atom is -0.349 e. The summed E-state index contributed by atoms with van der Waals surface area (Å²) < 4.78 is 14.1. The average molecular weight is 409 g/mol. The third-order valence-electron chi connectivity index (χ3n) is 5.76. The maximum absolute atomic E-state index is 14.1. The van der Waals surface area contributed by atoms with Crippen LogP contribution in [-0.2, 0) is 9.59 Å². The van der Waals surface area contributed by atoms with Crippen molar-refractivity contribution in [3.05, 3.63) is 59.9 Å². The lowest BCUT2D eigenvalue weighted by molar-refractivity contribution is -0.122. The van der Waals surface area contributed by atoms with E-state index in [1.54, 1.807) is 36.4 Å². The monoisotopic (exact) mass is 409 g/mol. The number of para-hydroxylation sites is 2. The Kier molecular flexibility index (Phi) is 5.79. The van der Waals surface area contributed by atoms with E-state index in [4.69, 9.17) is 0 Å². The highest BCUT2D eigenvalue weighted by Gasteiger charge is 2.36. The first-order valence-corrected chi connectivity index (χ1v) is 10.3. The minimum absolute atomic E-state index is 0.00337. The molecule has 1 atom stereocenters. The smallest absolute Gasteiger partial charge is 0.253 e. The SMILES string of the molecule is O=C(NC1CCCC1)c1ccccc1NC(=O)[C@H]1CC(=O)N(c2ccccc2F)C1. The molecule has 1 saturated heterocycles. The van der Waals surface area contributed by atoms with Crippen molar-refractivity contribution in [2.45, 2.75) is 38.1 Å². The summed E-state index contributed by atoms with van der Waals surface area (Å²) in [5, 5.41) is 5.82. The van der Waals surface area contributed by atoms with Gasteiger partial charge in [-0.1, -0.05) is 37.1 Å². The molecule has 2 aromatic carbocycles. The number of benzene rings is 2. The van der Waals surface area contributed by atoms with Crippen LogP contribution in [0.5, 0.6) is 0 Å². The van der Waals surface area contributed by atoms with E-state index in [9.17, 15) is 18.8 Å². The van der Waals surface area contributed by atoms with Crippen molar-refractivity contribution in [1.29, 1.82) is 0 Å². The predicted octanol–water partition coefficient (Wildman–Crippen LogP) is 3.49. The number of hydrogen-bond acceptors (Lipinski definition) is 3. The van der Waals surface area contributed by atoms with Crippen LogP contribution in [0.2, 0.25) is 0 Å². The van der Waals surface area contributed by atoms with E-state index in [0.717, 1.165) is 25.7 Å². The van der Waals surface area contributed by atoms with Crippen LogP contribution in [-0.4, -0.2) is 30.3 Å². The molecule has 3 amide bonds. The molecule has 2 aromatic rings. The minimum atomic E-state index is -0.622. The molecular weight excluding hydrogens is 385 g/mol. The second kappa shape index (κ2) is 8.65. The molecule has 30 heavy (non-hydrogen) atoms. The van der Waals surface area contributed by atoms with Crippen molar-refractivity contribution in [3.63, 3.8) is 0 Å². The molecule has 0 bridgehead atoms. The summed E-state index contributed by atoms with van der Waals surface area (Å²) in [6.07, 6.45) is 4.15. The molecule has 4 rings (SSSR count). The summed E-state index contributed by atoms with van der Waals surface area (Å²) in [4.78, 5) is 39.2. The highest BCUT2D eigenvalue weighted by atomic mass is 19.1. The van der Waals surface area contributed by atoms with Gasteiger partial charge in [0.15, 0.2) is 0 Å². The fourth-order valence-corrected chi connectivity index (χ4v) is 4.14. The number of rotatable bonds is 5. The van der Waals surface area contributed by atoms with Crippen LogP contribution < -0.4 is 15.5 Å². The number of carbonyl (C=O) groups is 3. The Balaban J connectivity index is 1.45. The number of halogens is 1. The van der Waals surface area contributed by atoms with Crippen LogP contribution in [0.15, 0.2) is 48.5 Å². The van der Waals surface area contributed by atoms with Crippen molar-refractivity contribution in [3.8, 4) is 0 Å². The Morgan fingerprint density at radius 1 is 1.00 bits per heavy atom. The van der Waals surface area contributed by atoms with Crippen molar-refractivity contribution >= 4 is 29.1 Å². The van der Waals surface area contributed by atoms with Crippen molar-refractivity contribution in [2.75, 3.05) is 16.8 Å². The second-order valence-corrected chi connectivity index (χ2v) is 7.85. The predicted molar refractivity (Wildman–Crippen MR) is 112 cm³/mol. The quantitative estimate of drug-likeness (QED) is 0.794. The van der Waals surface area contributed by atoms with Crippen molar-refractivity contribution in [1.82, 2.24) is 5.32 Å². The molecule has 1 heterocycles. The Bertz CT molecular complexity index is 972. The Morgan fingerprint density at radius 3 is 2.47 bits per heavy atom. The molecule has 156 valence electrons. The summed E-state index contributed by atoms with van der Waals surface area (Å²) in [5.74, 6) is -1.99. The molecule has 1 aliphatic heterocycles. The van der Waals surface area contributed by atoms with Crippen LogP contribution in [0.4, 0.5) is 15.8 Å². The summed E-state index contributed by atoms with van der Waals surface area (Å²) in [6, 6.07) is 13.0. The molecule has 2 fully saturated rings. The van der Waals surface area contributed by atoms with E-state index in [1.165, 1.54) is 17.0 Å². The largest absolute Gasteiger partial charge is 0.349 e. The van der Waals surface area contributed by atoms with Crippen molar-refractivity contribution < 1.29 is 18.8 Å². The van der Waals surface area contributed by atoms with Gasteiger partial charge >= 0.3 is 0 Å². The van der Waals surface area contributed by atoms with Gasteiger partial charge in [-0.25, -0.2) is 4.39 Å². The Morgan fingerprint density at radius 2 is 1.70 bits per heavy atom. The Labute approximate surface area is 174 Å². The van der Waals surface area contributed by atoms with Gasteiger partial charge in [-0.15, -0.1) is 0 Å². The number of amides is 3. The first kappa shape index (κ1) is 20.1. The zero-order valence-corrected chi connectivity index (χ0v) is 16.6. The van der Waals surface area contributed by atoms with E-state index in [2.05, 4.69) is 10.6 Å². The number of nitrogens with one attached hydrogen (secondary N) is 2. The number of nitrogens with zero attached hydrogens (tertiary/aromatic N) is 1. The molecule has 0 spiro atoms. The van der Waals surface area contributed by atoms with Gasteiger partial charge in [-0.2, -0.15) is 0 Å². The third kappa shape index (κ3) is 4.20. The Hall–Kier alpha value is -3.22. The summed E-state index contributed by atoms with van der Waals surface area (Å²) in [7, 11) is 0. The van der Waals surface area contributed by atoms with E-state index in [1.807, 2.05) is 0 Å². The van der Waals surface area contributed by atoms with E-state index >= 15 is 0 Å². The molecule has 1 saturated carbocycles. The van der Waals surface area contributed by atoms with Gasteiger partial charge in [0.05, 0.1) is 22.9 Å². The van der Waals surface area contributed by atoms with E-state index in [-0.39, 0.29) is 42.4 Å². The van der Waals surface area contributed by atoms with Gasteiger partial charge < -0.3 is 15.5 Å². The van der Waals surface area contributed by atoms with Gasteiger partial charge in [0.1, 0.15) is 5.82 Å². The van der Waals surface area contributed by atoms with Gasteiger partial charge in [-0.05, 0) is 37.1 Å². The molecule has 0 aromatic heterocycles. The molecule has 6 nitrogen and oxygen atoms in total. The highest BCUT2D eigenvalue weighted by Crippen LogP contribution is 2.28. The fraction of sp³-hybridized carbons (Fsp3) is 0.348. The normalized spacial score (nSPS) is 19.2. The molecule has 0 unspecified atom stereocenters. The van der Waals surface area contributed by atoms with Crippen LogP contribution in [0, 0.1) is 11.7 Å². The maximum Gasteiger partial charge on any atom is 0.253 e. The first-order valence-electron chi connectivity index (χ1n) is 10.3. The lowest BCUT2D eigenvalue weighted by atomic mass is 10.1. The number of hydrogen-bond donors (Lipinski definition) is 2.